The van der Waals surface area contributed by atoms with Crippen molar-refractivity contribution < 1.29 is 13.9 Å². The Balaban J connectivity index is 2.03. The molecule has 1 amide bonds. The molecule has 23 heavy (non-hydrogen) atoms. The van der Waals surface area contributed by atoms with E-state index in [0.29, 0.717) is 13.2 Å². The van der Waals surface area contributed by atoms with Crippen LogP contribution in [0.15, 0.2) is 18.2 Å². The molecular weight excluding hydrogens is 319 g/mol. The number of ether oxygens (including phenoxy) is 1. The summed E-state index contributed by atoms with van der Waals surface area (Å²) in [6, 6.07) is 5.03. The maximum Gasteiger partial charge on any atom is 0.225 e. The average molecular weight is 343 g/mol. The van der Waals surface area contributed by atoms with Crippen molar-refractivity contribution in [1.82, 2.24) is 10.2 Å². The van der Waals surface area contributed by atoms with Gasteiger partial charge in [0.05, 0.1) is 17.5 Å². The molecule has 1 aromatic rings. The largest absolute Gasteiger partial charge is 0.384 e. The number of carbonyl (C=O) groups excluding carboxylic acids is 1. The van der Waals surface area contributed by atoms with Crippen molar-refractivity contribution in [1.29, 1.82) is 0 Å². The quantitative estimate of drug-likeness (QED) is 0.864. The van der Waals surface area contributed by atoms with E-state index < -0.39 is 5.82 Å². The van der Waals surface area contributed by atoms with Gasteiger partial charge in [0.2, 0.25) is 5.91 Å². The lowest BCUT2D eigenvalue weighted by molar-refractivity contribution is -0.126. The molecule has 1 saturated heterocycles. The van der Waals surface area contributed by atoms with E-state index in [1.54, 1.807) is 13.2 Å². The number of rotatable bonds is 6. The van der Waals surface area contributed by atoms with Crippen LogP contribution >= 0.6 is 11.6 Å². The van der Waals surface area contributed by atoms with Gasteiger partial charge < -0.3 is 10.1 Å². The first-order valence-electron chi connectivity index (χ1n) is 7.86. The van der Waals surface area contributed by atoms with Crippen LogP contribution in [-0.2, 0) is 9.53 Å². The van der Waals surface area contributed by atoms with Gasteiger partial charge in [0.15, 0.2) is 0 Å². The Morgan fingerprint density at radius 2 is 2.30 bits per heavy atom. The van der Waals surface area contributed by atoms with E-state index >= 15 is 0 Å². The second-order valence-electron chi connectivity index (χ2n) is 6.25. The lowest BCUT2D eigenvalue weighted by Crippen LogP contribution is -2.36. The zero-order chi connectivity index (χ0) is 17.0. The number of methoxy groups -OCH3 is 1. The van der Waals surface area contributed by atoms with Crippen LogP contribution in [0.1, 0.15) is 24.9 Å². The smallest absolute Gasteiger partial charge is 0.225 e. The molecule has 0 spiro atoms. The fraction of sp³-hybridized carbons (Fsp3) is 0.588. The van der Waals surface area contributed by atoms with Gasteiger partial charge in [-0.15, -0.1) is 0 Å². The summed E-state index contributed by atoms with van der Waals surface area (Å²) < 4.78 is 18.8. The third kappa shape index (κ3) is 4.43. The van der Waals surface area contributed by atoms with Crippen molar-refractivity contribution in [2.75, 3.05) is 33.9 Å². The number of nitrogens with one attached hydrogen (secondary N) is 1. The first-order valence-corrected chi connectivity index (χ1v) is 8.23. The summed E-state index contributed by atoms with van der Waals surface area (Å²) in [5, 5.41) is 3.12. The maximum atomic E-state index is 13.8. The number of hydrogen-bond acceptors (Lipinski definition) is 3. The lowest BCUT2D eigenvalue weighted by Gasteiger charge is -2.26. The Bertz CT molecular complexity index is 555. The standard InChI is InChI=1S/C17H24ClFN2O2/c1-11(10-23-3)17(22)20-9-13-6-7-21(2)16(13)12-4-5-14(18)15(19)8-12/h4-5,8,11,13,16H,6-7,9-10H2,1-3H3,(H,20,22)/t11-,13-,16-/m0/s1. The van der Waals surface area contributed by atoms with Gasteiger partial charge in [0.1, 0.15) is 5.82 Å². The molecule has 1 aliphatic heterocycles. The zero-order valence-corrected chi connectivity index (χ0v) is 14.6. The Morgan fingerprint density at radius 1 is 1.57 bits per heavy atom. The van der Waals surface area contributed by atoms with Gasteiger partial charge >= 0.3 is 0 Å². The molecule has 3 atom stereocenters. The van der Waals surface area contributed by atoms with Crippen LogP contribution in [0.5, 0.6) is 0 Å². The highest BCUT2D eigenvalue weighted by atomic mass is 35.5. The summed E-state index contributed by atoms with van der Waals surface area (Å²) in [5.41, 5.74) is 0.899. The molecule has 1 N–H and O–H groups in total. The molecular formula is C17H24ClFN2O2. The highest BCUT2D eigenvalue weighted by molar-refractivity contribution is 6.30. The van der Waals surface area contributed by atoms with Gasteiger partial charge in [-0.2, -0.15) is 0 Å². The highest BCUT2D eigenvalue weighted by Gasteiger charge is 2.33. The number of carbonyl (C=O) groups is 1. The van der Waals surface area contributed by atoms with Crippen LogP contribution in [0.25, 0.3) is 0 Å². The van der Waals surface area contributed by atoms with E-state index in [2.05, 4.69) is 10.2 Å². The number of nitrogens with zero attached hydrogens (tertiary/aromatic N) is 1. The van der Waals surface area contributed by atoms with Crippen molar-refractivity contribution in [2.45, 2.75) is 19.4 Å². The minimum atomic E-state index is -0.402. The third-order valence-corrected chi connectivity index (χ3v) is 4.77. The molecule has 0 saturated carbocycles. The third-order valence-electron chi connectivity index (χ3n) is 4.46. The molecule has 1 aromatic carbocycles. The van der Waals surface area contributed by atoms with Gasteiger partial charge in [-0.1, -0.05) is 24.6 Å². The molecule has 6 heteroatoms. The van der Waals surface area contributed by atoms with Crippen molar-refractivity contribution in [3.05, 3.63) is 34.6 Å². The SMILES string of the molecule is COC[C@H](C)C(=O)NC[C@@H]1CCN(C)[C@H]1c1ccc(Cl)c(F)c1. The van der Waals surface area contributed by atoms with Crippen LogP contribution < -0.4 is 5.32 Å². The summed E-state index contributed by atoms with van der Waals surface area (Å²) in [7, 11) is 3.60. The van der Waals surface area contributed by atoms with Gasteiger partial charge in [-0.05, 0) is 43.6 Å². The normalized spacial score (nSPS) is 23.0. The van der Waals surface area contributed by atoms with E-state index in [4.69, 9.17) is 16.3 Å². The molecule has 0 aromatic heterocycles. The second-order valence-corrected chi connectivity index (χ2v) is 6.66. The van der Waals surface area contributed by atoms with Crippen LogP contribution in [0.2, 0.25) is 5.02 Å². The van der Waals surface area contributed by atoms with Gasteiger partial charge in [0, 0.05) is 19.7 Å². The summed E-state index contributed by atoms with van der Waals surface area (Å²) >= 11 is 5.77. The molecule has 0 radical (unpaired) electrons. The fourth-order valence-electron chi connectivity index (χ4n) is 3.19. The van der Waals surface area contributed by atoms with Crippen molar-refractivity contribution in [3.63, 3.8) is 0 Å². The Kier molecular flexibility index (Phi) is 6.39. The van der Waals surface area contributed by atoms with Crippen LogP contribution in [0.3, 0.4) is 0 Å². The predicted molar refractivity (Wildman–Crippen MR) is 88.9 cm³/mol. The molecule has 2 rings (SSSR count). The number of likely N-dealkylation sites (tertiary alicyclic amines) is 1. The average Bonchev–Trinajstić information content (AvgIpc) is 2.89. The topological polar surface area (TPSA) is 41.6 Å². The fourth-order valence-corrected chi connectivity index (χ4v) is 3.31. The summed E-state index contributed by atoms with van der Waals surface area (Å²) in [6.07, 6.45) is 0.963. The predicted octanol–water partition coefficient (Wildman–Crippen LogP) is 2.87. The number of hydrogen-bond donors (Lipinski definition) is 1. The first kappa shape index (κ1) is 18.2. The molecule has 128 valence electrons. The molecule has 1 heterocycles. The molecule has 0 bridgehead atoms. The molecule has 1 fully saturated rings. The monoisotopic (exact) mass is 342 g/mol. The number of halogens is 2. The van der Waals surface area contributed by atoms with E-state index in [1.807, 2.05) is 20.0 Å². The van der Waals surface area contributed by atoms with Crippen LogP contribution in [0, 0.1) is 17.7 Å². The first-order chi connectivity index (χ1) is 10.9. The molecule has 0 unspecified atom stereocenters. The Labute approximate surface area is 141 Å². The lowest BCUT2D eigenvalue weighted by atomic mass is 9.93. The molecule has 0 aliphatic carbocycles. The Morgan fingerprint density at radius 3 is 2.96 bits per heavy atom. The van der Waals surface area contributed by atoms with Crippen molar-refractivity contribution in [2.24, 2.45) is 11.8 Å². The van der Waals surface area contributed by atoms with Crippen molar-refractivity contribution in [3.8, 4) is 0 Å². The Hall–Kier alpha value is -1.17. The van der Waals surface area contributed by atoms with Crippen LogP contribution in [0.4, 0.5) is 4.39 Å². The van der Waals surface area contributed by atoms with Gasteiger partial charge in [0.25, 0.3) is 0 Å². The van der Waals surface area contributed by atoms with E-state index in [0.717, 1.165) is 18.5 Å². The van der Waals surface area contributed by atoms with E-state index in [-0.39, 0.29) is 28.8 Å². The minimum Gasteiger partial charge on any atom is -0.384 e. The summed E-state index contributed by atoms with van der Waals surface area (Å²) in [6.45, 7) is 3.74. The maximum absolute atomic E-state index is 13.8. The van der Waals surface area contributed by atoms with Crippen LogP contribution in [-0.4, -0.2) is 44.7 Å². The van der Waals surface area contributed by atoms with E-state index in [1.165, 1.54) is 6.07 Å². The second kappa shape index (κ2) is 8.08. The van der Waals surface area contributed by atoms with E-state index in [9.17, 15) is 9.18 Å². The summed E-state index contributed by atoms with van der Waals surface area (Å²) in [5.74, 6) is -0.340. The minimum absolute atomic E-state index is 0.0116. The number of amides is 1. The zero-order valence-electron chi connectivity index (χ0n) is 13.8. The van der Waals surface area contributed by atoms with Gasteiger partial charge in [-0.25, -0.2) is 4.39 Å². The highest BCUT2D eigenvalue weighted by Crippen LogP contribution is 2.36. The number of benzene rings is 1. The molecule has 4 nitrogen and oxygen atoms in total. The molecule has 1 aliphatic rings. The van der Waals surface area contributed by atoms with Gasteiger partial charge in [-0.3, -0.25) is 9.69 Å². The van der Waals surface area contributed by atoms with Crippen molar-refractivity contribution >= 4 is 17.5 Å². The summed E-state index contributed by atoms with van der Waals surface area (Å²) in [4.78, 5) is 14.2.